The second-order valence-electron chi connectivity index (χ2n) is 5.92. The Kier molecular flexibility index (Phi) is 3.58. The number of aromatic nitrogens is 3. The highest BCUT2D eigenvalue weighted by molar-refractivity contribution is 5.95. The van der Waals surface area contributed by atoms with Gasteiger partial charge in [-0.2, -0.15) is 5.26 Å². The third-order valence-corrected chi connectivity index (χ3v) is 4.19. The van der Waals surface area contributed by atoms with Crippen molar-refractivity contribution in [1.29, 1.82) is 5.26 Å². The third-order valence-electron chi connectivity index (χ3n) is 4.19. The lowest BCUT2D eigenvalue weighted by molar-refractivity contribution is 0.0154. The van der Waals surface area contributed by atoms with Crippen molar-refractivity contribution < 1.29 is 9.53 Å². The molecule has 1 amide bonds. The Bertz CT molecular complexity index is 981. The predicted octanol–water partition coefficient (Wildman–Crippen LogP) is 1.81. The van der Waals surface area contributed by atoms with Crippen molar-refractivity contribution in [2.45, 2.75) is 13.0 Å². The SMILES string of the molecule is Cc1nc2ccccn2c1C(=O)N1CC(Oc2ccc(C#N)cn2)C1. The summed E-state index contributed by atoms with van der Waals surface area (Å²) in [6.07, 6.45) is 3.22. The van der Waals surface area contributed by atoms with Crippen molar-refractivity contribution in [2.75, 3.05) is 13.1 Å². The maximum absolute atomic E-state index is 12.8. The molecule has 0 bridgehead atoms. The van der Waals surface area contributed by atoms with Gasteiger partial charge in [-0.1, -0.05) is 6.07 Å². The van der Waals surface area contributed by atoms with E-state index in [0.717, 1.165) is 5.65 Å². The molecule has 0 aliphatic carbocycles. The summed E-state index contributed by atoms with van der Waals surface area (Å²) in [5, 5.41) is 8.77. The summed E-state index contributed by atoms with van der Waals surface area (Å²) in [7, 11) is 0. The average Bonchev–Trinajstić information content (AvgIpc) is 2.93. The Balaban J connectivity index is 1.43. The first-order valence-corrected chi connectivity index (χ1v) is 7.91. The fourth-order valence-electron chi connectivity index (χ4n) is 2.89. The molecule has 1 aliphatic heterocycles. The van der Waals surface area contributed by atoms with Crippen molar-refractivity contribution >= 4 is 11.6 Å². The van der Waals surface area contributed by atoms with Gasteiger partial charge in [0.1, 0.15) is 23.5 Å². The van der Waals surface area contributed by atoms with E-state index in [4.69, 9.17) is 10.00 Å². The number of imidazole rings is 1. The highest BCUT2D eigenvalue weighted by atomic mass is 16.5. The number of carbonyl (C=O) groups excluding carboxylic acids is 1. The van der Waals surface area contributed by atoms with Crippen LogP contribution in [0.5, 0.6) is 5.88 Å². The number of carbonyl (C=O) groups is 1. The van der Waals surface area contributed by atoms with Gasteiger partial charge in [0.15, 0.2) is 0 Å². The summed E-state index contributed by atoms with van der Waals surface area (Å²) < 4.78 is 7.54. The second-order valence-corrected chi connectivity index (χ2v) is 5.92. The first kappa shape index (κ1) is 15.1. The fraction of sp³-hybridized carbons (Fsp3) is 0.222. The lowest BCUT2D eigenvalue weighted by atomic mass is 10.1. The Morgan fingerprint density at radius 2 is 2.16 bits per heavy atom. The summed E-state index contributed by atoms with van der Waals surface area (Å²) in [4.78, 5) is 23.0. The van der Waals surface area contributed by atoms with Gasteiger partial charge in [0.25, 0.3) is 5.91 Å². The standard InChI is InChI=1S/C18H15N5O2/c1-12-17(23-7-3-2-4-15(23)21-12)18(24)22-10-14(11-22)25-16-6-5-13(8-19)9-20-16/h2-7,9,14H,10-11H2,1H3. The molecular weight excluding hydrogens is 318 g/mol. The zero-order valence-corrected chi connectivity index (χ0v) is 13.6. The molecule has 0 aromatic carbocycles. The summed E-state index contributed by atoms with van der Waals surface area (Å²) >= 11 is 0. The summed E-state index contributed by atoms with van der Waals surface area (Å²) in [5.74, 6) is 0.408. The lowest BCUT2D eigenvalue weighted by Crippen LogP contribution is -2.56. The van der Waals surface area contributed by atoms with Gasteiger partial charge in [-0.05, 0) is 25.1 Å². The minimum absolute atomic E-state index is 0.0520. The van der Waals surface area contributed by atoms with Gasteiger partial charge in [0.2, 0.25) is 5.88 Å². The van der Waals surface area contributed by atoms with Crippen LogP contribution in [0.4, 0.5) is 0 Å². The van der Waals surface area contributed by atoms with E-state index in [1.165, 1.54) is 6.20 Å². The lowest BCUT2D eigenvalue weighted by Gasteiger charge is -2.38. The monoisotopic (exact) mass is 333 g/mol. The number of ether oxygens (including phenoxy) is 1. The highest BCUT2D eigenvalue weighted by Gasteiger charge is 2.35. The molecule has 7 heteroatoms. The highest BCUT2D eigenvalue weighted by Crippen LogP contribution is 2.21. The fourth-order valence-corrected chi connectivity index (χ4v) is 2.89. The van der Waals surface area contributed by atoms with E-state index >= 15 is 0 Å². The van der Waals surface area contributed by atoms with Crippen LogP contribution in [0.3, 0.4) is 0 Å². The molecule has 0 N–H and O–H groups in total. The third kappa shape index (κ3) is 2.68. The number of fused-ring (bicyclic) bond motifs is 1. The van der Waals surface area contributed by atoms with Gasteiger partial charge in [-0.25, -0.2) is 9.97 Å². The zero-order chi connectivity index (χ0) is 17.4. The molecular formula is C18H15N5O2. The minimum atomic E-state index is -0.0936. The van der Waals surface area contributed by atoms with Crippen molar-refractivity contribution in [2.24, 2.45) is 0 Å². The number of likely N-dealkylation sites (tertiary alicyclic amines) is 1. The molecule has 25 heavy (non-hydrogen) atoms. The van der Waals surface area contributed by atoms with Gasteiger partial charge >= 0.3 is 0 Å². The number of pyridine rings is 2. The predicted molar refractivity (Wildman–Crippen MR) is 89.2 cm³/mol. The normalized spacial score (nSPS) is 14.2. The molecule has 3 aromatic heterocycles. The summed E-state index contributed by atoms with van der Waals surface area (Å²) in [6, 6.07) is 11.0. The first-order chi connectivity index (χ1) is 12.2. The van der Waals surface area contributed by atoms with Gasteiger partial charge < -0.3 is 9.64 Å². The van der Waals surface area contributed by atoms with Crippen molar-refractivity contribution in [1.82, 2.24) is 19.3 Å². The molecule has 1 saturated heterocycles. The van der Waals surface area contributed by atoms with Crippen LogP contribution >= 0.6 is 0 Å². The number of aryl methyl sites for hydroxylation is 1. The molecule has 3 aromatic rings. The van der Waals surface area contributed by atoms with Gasteiger partial charge in [0, 0.05) is 18.5 Å². The van der Waals surface area contributed by atoms with E-state index in [9.17, 15) is 4.79 Å². The Morgan fingerprint density at radius 3 is 2.88 bits per heavy atom. The van der Waals surface area contributed by atoms with E-state index in [0.29, 0.717) is 35.9 Å². The summed E-state index contributed by atoms with van der Waals surface area (Å²) in [6.45, 7) is 2.84. The Labute approximate surface area is 144 Å². The Morgan fingerprint density at radius 1 is 1.32 bits per heavy atom. The van der Waals surface area contributed by atoms with E-state index in [2.05, 4.69) is 9.97 Å². The van der Waals surface area contributed by atoms with Crippen LogP contribution in [-0.4, -0.2) is 44.4 Å². The van der Waals surface area contributed by atoms with E-state index in [1.807, 2.05) is 41.8 Å². The molecule has 0 unspecified atom stereocenters. The van der Waals surface area contributed by atoms with Gasteiger partial charge in [0.05, 0.1) is 24.3 Å². The van der Waals surface area contributed by atoms with Crippen molar-refractivity contribution in [3.8, 4) is 11.9 Å². The molecule has 0 atom stereocenters. The molecule has 0 saturated carbocycles. The Hall–Kier alpha value is -3.40. The summed E-state index contributed by atoms with van der Waals surface area (Å²) in [5.41, 5.74) is 2.55. The topological polar surface area (TPSA) is 83.5 Å². The van der Waals surface area contributed by atoms with Crippen LogP contribution in [0.15, 0.2) is 42.7 Å². The average molecular weight is 333 g/mol. The molecule has 7 nitrogen and oxygen atoms in total. The van der Waals surface area contributed by atoms with Gasteiger partial charge in [-0.3, -0.25) is 9.20 Å². The molecule has 124 valence electrons. The zero-order valence-electron chi connectivity index (χ0n) is 13.6. The van der Waals surface area contributed by atoms with Crippen LogP contribution in [0.2, 0.25) is 0 Å². The van der Waals surface area contributed by atoms with Crippen molar-refractivity contribution in [3.05, 3.63) is 59.7 Å². The molecule has 0 radical (unpaired) electrons. The smallest absolute Gasteiger partial charge is 0.273 e. The van der Waals surface area contributed by atoms with Crippen LogP contribution < -0.4 is 4.74 Å². The number of nitrogens with zero attached hydrogens (tertiary/aromatic N) is 5. The number of rotatable bonds is 3. The largest absolute Gasteiger partial charge is 0.471 e. The van der Waals surface area contributed by atoms with Crippen LogP contribution in [-0.2, 0) is 0 Å². The number of nitriles is 1. The van der Waals surface area contributed by atoms with Crippen molar-refractivity contribution in [3.63, 3.8) is 0 Å². The first-order valence-electron chi connectivity index (χ1n) is 7.91. The molecule has 1 aliphatic rings. The maximum Gasteiger partial charge on any atom is 0.273 e. The maximum atomic E-state index is 12.8. The van der Waals surface area contributed by atoms with E-state index < -0.39 is 0 Å². The van der Waals surface area contributed by atoms with E-state index in [1.54, 1.807) is 17.0 Å². The molecule has 4 rings (SSSR count). The van der Waals surface area contributed by atoms with Crippen LogP contribution in [0.1, 0.15) is 21.7 Å². The van der Waals surface area contributed by atoms with E-state index in [-0.39, 0.29) is 12.0 Å². The quantitative estimate of drug-likeness (QED) is 0.730. The number of amides is 1. The number of hydrogen-bond acceptors (Lipinski definition) is 5. The van der Waals surface area contributed by atoms with Crippen LogP contribution in [0, 0.1) is 18.3 Å². The van der Waals surface area contributed by atoms with Gasteiger partial charge in [-0.15, -0.1) is 0 Å². The minimum Gasteiger partial charge on any atom is -0.471 e. The number of hydrogen-bond donors (Lipinski definition) is 0. The molecule has 4 heterocycles. The second kappa shape index (κ2) is 5.91. The molecule has 0 spiro atoms. The van der Waals surface area contributed by atoms with Crippen LogP contribution in [0.25, 0.3) is 5.65 Å². The molecule has 1 fully saturated rings.